The number of amides is 2. The Morgan fingerprint density at radius 3 is 2.41 bits per heavy atom. The van der Waals surface area contributed by atoms with Crippen LogP contribution in [0.2, 0.25) is 0 Å². The number of benzene rings is 1. The minimum Gasteiger partial charge on any atom is -0.493 e. The van der Waals surface area contributed by atoms with Crippen LogP contribution < -0.4 is 14.8 Å². The molecule has 0 aliphatic rings. The molecule has 0 saturated heterocycles. The summed E-state index contributed by atoms with van der Waals surface area (Å²) >= 11 is 1.54. The van der Waals surface area contributed by atoms with E-state index in [0.29, 0.717) is 45.2 Å². The summed E-state index contributed by atoms with van der Waals surface area (Å²) in [5, 5.41) is 9.98. The van der Waals surface area contributed by atoms with Crippen LogP contribution >= 0.6 is 11.3 Å². The predicted octanol–water partition coefficient (Wildman–Crippen LogP) is 3.98. The highest BCUT2D eigenvalue weighted by molar-refractivity contribution is 7.13. The van der Waals surface area contributed by atoms with Gasteiger partial charge < -0.3 is 19.7 Å². The van der Waals surface area contributed by atoms with Crippen molar-refractivity contribution in [1.82, 2.24) is 19.7 Å². The van der Waals surface area contributed by atoms with Crippen molar-refractivity contribution < 1.29 is 19.1 Å². The van der Waals surface area contributed by atoms with Gasteiger partial charge in [-0.1, -0.05) is 6.07 Å². The maximum Gasteiger partial charge on any atom is 0.256 e. The molecule has 0 fully saturated rings. The van der Waals surface area contributed by atoms with E-state index in [1.807, 2.05) is 24.4 Å². The number of pyridine rings is 1. The third kappa shape index (κ3) is 4.08. The molecule has 4 aromatic rings. The molecule has 3 heterocycles. The number of aryl methyl sites for hydroxylation is 2. The van der Waals surface area contributed by atoms with E-state index in [-0.39, 0.29) is 17.4 Å². The zero-order chi connectivity index (χ0) is 24.6. The zero-order valence-corrected chi connectivity index (χ0v) is 20.6. The summed E-state index contributed by atoms with van der Waals surface area (Å²) in [7, 11) is 8.07. The van der Waals surface area contributed by atoms with E-state index in [0.717, 1.165) is 4.88 Å². The molecule has 10 heteroatoms. The van der Waals surface area contributed by atoms with Gasteiger partial charge in [0.1, 0.15) is 0 Å². The van der Waals surface area contributed by atoms with Crippen LogP contribution in [0.25, 0.3) is 21.6 Å². The van der Waals surface area contributed by atoms with Crippen LogP contribution in [0.1, 0.15) is 26.4 Å². The number of hydrogen-bond donors (Lipinski definition) is 1. The molecule has 0 spiro atoms. The molecule has 1 aromatic carbocycles. The highest BCUT2D eigenvalue weighted by Gasteiger charge is 2.23. The fraction of sp³-hybridized carbons (Fsp3) is 0.250. The number of carbonyl (C=O) groups excluding carboxylic acids is 2. The van der Waals surface area contributed by atoms with Crippen LogP contribution in [0.3, 0.4) is 0 Å². The molecular formula is C24H25N5O4S. The minimum absolute atomic E-state index is 0.280. The summed E-state index contributed by atoms with van der Waals surface area (Å²) < 4.78 is 12.4. The third-order valence-electron chi connectivity index (χ3n) is 5.40. The topological polar surface area (TPSA) is 98.6 Å². The van der Waals surface area contributed by atoms with Crippen molar-refractivity contribution >= 4 is 39.9 Å². The number of rotatable bonds is 6. The Bertz CT molecular complexity index is 1390. The Morgan fingerprint density at radius 2 is 1.79 bits per heavy atom. The number of fused-ring (bicyclic) bond motifs is 1. The lowest BCUT2D eigenvalue weighted by molar-refractivity contribution is 0.0828. The normalized spacial score (nSPS) is 10.9. The first-order valence-corrected chi connectivity index (χ1v) is 11.3. The van der Waals surface area contributed by atoms with Crippen molar-refractivity contribution in [1.29, 1.82) is 0 Å². The Kier molecular flexibility index (Phi) is 6.25. The van der Waals surface area contributed by atoms with Crippen molar-refractivity contribution in [3.05, 3.63) is 52.5 Å². The van der Waals surface area contributed by atoms with Crippen molar-refractivity contribution in [2.24, 2.45) is 7.05 Å². The molecular weight excluding hydrogens is 454 g/mol. The first-order valence-electron chi connectivity index (χ1n) is 10.4. The smallest absolute Gasteiger partial charge is 0.256 e. The second-order valence-corrected chi connectivity index (χ2v) is 8.79. The van der Waals surface area contributed by atoms with E-state index in [1.165, 1.54) is 30.5 Å². The van der Waals surface area contributed by atoms with Crippen molar-refractivity contribution in [3.8, 4) is 22.1 Å². The van der Waals surface area contributed by atoms with E-state index < -0.39 is 0 Å². The summed E-state index contributed by atoms with van der Waals surface area (Å²) in [6, 6.07) is 8.79. The molecule has 34 heavy (non-hydrogen) atoms. The largest absolute Gasteiger partial charge is 0.493 e. The van der Waals surface area contributed by atoms with Gasteiger partial charge in [-0.05, 0) is 30.5 Å². The summed E-state index contributed by atoms with van der Waals surface area (Å²) in [6.07, 6.45) is 0. The van der Waals surface area contributed by atoms with Crippen LogP contribution in [-0.4, -0.2) is 59.8 Å². The lowest BCUT2D eigenvalue weighted by Crippen LogP contribution is -2.24. The van der Waals surface area contributed by atoms with Gasteiger partial charge in [-0.15, -0.1) is 11.3 Å². The average Bonchev–Trinajstić information content (AvgIpc) is 3.46. The summed E-state index contributed by atoms with van der Waals surface area (Å²) in [4.78, 5) is 33.6. The van der Waals surface area contributed by atoms with Gasteiger partial charge in [-0.25, -0.2) is 4.98 Å². The molecule has 0 radical (unpaired) electrons. The number of thiophene rings is 1. The first-order chi connectivity index (χ1) is 16.2. The van der Waals surface area contributed by atoms with Gasteiger partial charge in [0.05, 0.1) is 52.7 Å². The summed E-state index contributed by atoms with van der Waals surface area (Å²) in [5.41, 5.74) is 2.97. The molecule has 176 valence electrons. The Hall–Kier alpha value is -3.92. The van der Waals surface area contributed by atoms with Crippen LogP contribution in [0, 0.1) is 6.92 Å². The fourth-order valence-electron chi connectivity index (χ4n) is 3.76. The van der Waals surface area contributed by atoms with E-state index >= 15 is 0 Å². The molecule has 1 N–H and O–H groups in total. The number of nitrogens with one attached hydrogen (secondary N) is 1. The molecule has 0 saturated carbocycles. The van der Waals surface area contributed by atoms with Crippen LogP contribution in [0.15, 0.2) is 35.7 Å². The van der Waals surface area contributed by atoms with Gasteiger partial charge in [0.25, 0.3) is 11.8 Å². The second kappa shape index (κ2) is 9.14. The highest BCUT2D eigenvalue weighted by Crippen LogP contribution is 2.35. The minimum atomic E-state index is -0.388. The Morgan fingerprint density at radius 1 is 1.09 bits per heavy atom. The van der Waals surface area contributed by atoms with Gasteiger partial charge >= 0.3 is 0 Å². The lowest BCUT2D eigenvalue weighted by atomic mass is 10.1. The molecule has 0 bridgehead atoms. The molecule has 0 atom stereocenters. The van der Waals surface area contributed by atoms with Crippen molar-refractivity contribution in [2.45, 2.75) is 6.92 Å². The second-order valence-electron chi connectivity index (χ2n) is 7.85. The van der Waals surface area contributed by atoms with Crippen LogP contribution in [-0.2, 0) is 7.05 Å². The number of anilines is 1. The van der Waals surface area contributed by atoms with Crippen LogP contribution in [0.4, 0.5) is 5.69 Å². The number of hydrogen-bond acceptors (Lipinski definition) is 7. The molecule has 0 unspecified atom stereocenters. The molecule has 4 rings (SSSR count). The number of methoxy groups -OCH3 is 2. The lowest BCUT2D eigenvalue weighted by Gasteiger charge is -2.18. The Labute approximate surface area is 200 Å². The van der Waals surface area contributed by atoms with Crippen molar-refractivity contribution in [3.63, 3.8) is 0 Å². The standard InChI is InChI=1S/C24H25N5O4S/c1-13-21-15(10-17(20-8-7-9-34-20)25-22(21)29(4)27-13)23(30)26-16-12-19(33-6)18(32-5)11-14(16)24(31)28(2)3/h7-12H,1-6H3,(H,26,30). The number of nitrogens with zero attached hydrogens (tertiary/aromatic N) is 4. The fourth-order valence-corrected chi connectivity index (χ4v) is 4.45. The van der Waals surface area contributed by atoms with E-state index in [1.54, 1.807) is 44.0 Å². The maximum absolute atomic E-state index is 13.6. The van der Waals surface area contributed by atoms with Gasteiger partial charge in [-0.2, -0.15) is 5.10 Å². The van der Waals surface area contributed by atoms with E-state index in [9.17, 15) is 9.59 Å². The third-order valence-corrected chi connectivity index (χ3v) is 6.29. The zero-order valence-electron chi connectivity index (χ0n) is 19.8. The summed E-state index contributed by atoms with van der Waals surface area (Å²) in [5.74, 6) is 0.110. The highest BCUT2D eigenvalue weighted by atomic mass is 32.1. The average molecular weight is 480 g/mol. The number of carbonyl (C=O) groups is 2. The van der Waals surface area contributed by atoms with Crippen LogP contribution in [0.5, 0.6) is 11.5 Å². The van der Waals surface area contributed by atoms with Gasteiger partial charge in [0.15, 0.2) is 17.1 Å². The Balaban J connectivity index is 1.86. The molecule has 9 nitrogen and oxygen atoms in total. The molecule has 0 aliphatic carbocycles. The van der Waals surface area contributed by atoms with E-state index in [2.05, 4.69) is 10.4 Å². The molecule has 3 aromatic heterocycles. The van der Waals surface area contributed by atoms with Gasteiger partial charge in [-0.3, -0.25) is 14.3 Å². The molecule has 0 aliphatic heterocycles. The quantitative estimate of drug-likeness (QED) is 0.449. The monoisotopic (exact) mass is 479 g/mol. The molecule has 2 amide bonds. The predicted molar refractivity (Wildman–Crippen MR) is 132 cm³/mol. The summed E-state index contributed by atoms with van der Waals surface area (Å²) in [6.45, 7) is 1.84. The first kappa shape index (κ1) is 23.2. The number of ether oxygens (including phenoxy) is 2. The maximum atomic E-state index is 13.6. The van der Waals surface area contributed by atoms with Crippen molar-refractivity contribution in [2.75, 3.05) is 33.6 Å². The van der Waals surface area contributed by atoms with E-state index in [4.69, 9.17) is 14.5 Å². The van der Waals surface area contributed by atoms with Gasteiger partial charge in [0.2, 0.25) is 0 Å². The SMILES string of the molecule is COc1cc(NC(=O)c2cc(-c3cccs3)nc3c2c(C)nn3C)c(C(=O)N(C)C)cc1OC. The number of aromatic nitrogens is 3. The van der Waals surface area contributed by atoms with Gasteiger partial charge in [0, 0.05) is 27.2 Å².